The van der Waals surface area contributed by atoms with Gasteiger partial charge in [0.15, 0.2) is 0 Å². The average Bonchev–Trinajstić information content (AvgIpc) is 3.40. The number of amides is 1. The number of ether oxygens (including phenoxy) is 2. The molecule has 19 heteroatoms. The van der Waals surface area contributed by atoms with Crippen molar-refractivity contribution in [2.24, 2.45) is 5.73 Å². The van der Waals surface area contributed by atoms with Gasteiger partial charge in [-0.2, -0.15) is 50.7 Å². The number of alkyl halides is 6. The highest BCUT2D eigenvalue weighted by Gasteiger charge is 2.40. The molecule has 1 aromatic carbocycles. The quantitative estimate of drug-likeness (QED) is 0.0855. The maximum Gasteiger partial charge on any atom is 0.490 e. The van der Waals surface area contributed by atoms with Crippen LogP contribution in [0.2, 0.25) is 0 Å². The fraction of sp³-hybridized carbons (Fsp3) is 0.586. The molecule has 1 aliphatic rings. The number of carbonyl (C=O) groups is 4. The Morgan fingerprint density at radius 1 is 1.08 bits per heavy atom. The van der Waals surface area contributed by atoms with Crippen LogP contribution >= 0.6 is 24.4 Å². The van der Waals surface area contributed by atoms with Crippen LogP contribution < -0.4 is 15.8 Å². The Morgan fingerprint density at radius 2 is 1.60 bits per heavy atom. The van der Waals surface area contributed by atoms with Crippen LogP contribution in [0.4, 0.5) is 26.3 Å². The van der Waals surface area contributed by atoms with Gasteiger partial charge in [0, 0.05) is 31.3 Å². The highest BCUT2D eigenvalue weighted by Crippen LogP contribution is 2.25. The summed E-state index contributed by atoms with van der Waals surface area (Å²) >= 11 is 5.83. The zero-order valence-electron chi connectivity index (χ0n) is 26.6. The summed E-state index contributed by atoms with van der Waals surface area (Å²) in [5.41, 5.74) is 7.19. The lowest BCUT2D eigenvalue weighted by Gasteiger charge is -2.24. The number of benzene rings is 1. The highest BCUT2D eigenvalue weighted by atomic mass is 32.2. The van der Waals surface area contributed by atoms with E-state index < -0.39 is 42.3 Å². The SMILES string of the molecule is COC(=O)[C@H](CCSC)NC(=O)[C@@H]1C[C@H](Oc2ccc(C(C)C)cc2)CN1C/C=C/[C@@H](N)CS.O=C(O)C(F)(F)F.O=C(O)C(F)(F)F. The predicted octanol–water partition coefficient (Wildman–Crippen LogP) is 4.12. The number of nitrogens with one attached hydrogen (secondary N) is 1. The van der Waals surface area contributed by atoms with E-state index in [9.17, 15) is 35.9 Å². The molecule has 4 atom stereocenters. The number of thioether (sulfide) groups is 1. The maximum atomic E-state index is 13.2. The number of methoxy groups -OCH3 is 1. The Morgan fingerprint density at radius 3 is 2.02 bits per heavy atom. The molecule has 48 heavy (non-hydrogen) atoms. The first-order chi connectivity index (χ1) is 22.2. The van der Waals surface area contributed by atoms with E-state index in [2.05, 4.69) is 48.8 Å². The van der Waals surface area contributed by atoms with Gasteiger partial charge in [-0.25, -0.2) is 14.4 Å². The minimum atomic E-state index is -5.08. The molecule has 1 saturated heterocycles. The van der Waals surface area contributed by atoms with Gasteiger partial charge in [-0.3, -0.25) is 9.69 Å². The van der Waals surface area contributed by atoms with Gasteiger partial charge in [-0.1, -0.05) is 38.1 Å². The molecule has 5 N–H and O–H groups in total. The number of esters is 1. The van der Waals surface area contributed by atoms with E-state index in [4.69, 9.17) is 35.0 Å². The van der Waals surface area contributed by atoms with Crippen molar-refractivity contribution in [1.29, 1.82) is 0 Å². The molecule has 11 nitrogen and oxygen atoms in total. The molecule has 0 spiro atoms. The third-order valence-electron chi connectivity index (χ3n) is 6.35. The van der Waals surface area contributed by atoms with Crippen molar-refractivity contribution >= 4 is 48.2 Å². The minimum Gasteiger partial charge on any atom is -0.489 e. The van der Waals surface area contributed by atoms with Crippen LogP contribution in [0.3, 0.4) is 0 Å². The predicted molar refractivity (Wildman–Crippen MR) is 170 cm³/mol. The molecular formula is C29H41F6N3O8S2. The van der Waals surface area contributed by atoms with Crippen LogP contribution in [0.5, 0.6) is 5.75 Å². The van der Waals surface area contributed by atoms with E-state index >= 15 is 0 Å². The van der Waals surface area contributed by atoms with Gasteiger partial charge in [0.1, 0.15) is 17.9 Å². The Bertz CT molecular complexity index is 1160. The first kappa shape index (κ1) is 44.8. The summed E-state index contributed by atoms with van der Waals surface area (Å²) in [7, 11) is 1.34. The van der Waals surface area contributed by atoms with E-state index in [1.54, 1.807) is 11.8 Å². The fourth-order valence-corrected chi connectivity index (χ4v) is 4.47. The molecule has 1 aromatic rings. The maximum absolute atomic E-state index is 13.2. The van der Waals surface area contributed by atoms with E-state index in [1.165, 1.54) is 12.7 Å². The normalized spacial score (nSPS) is 17.8. The van der Waals surface area contributed by atoms with Gasteiger partial charge in [-0.05, 0) is 42.0 Å². The van der Waals surface area contributed by atoms with Crippen molar-refractivity contribution in [3.05, 3.63) is 42.0 Å². The summed E-state index contributed by atoms with van der Waals surface area (Å²) in [6.45, 7) is 5.46. The molecule has 0 aliphatic carbocycles. The number of carboxylic acids is 2. The third-order valence-corrected chi connectivity index (χ3v) is 7.41. The molecule has 0 radical (unpaired) electrons. The second-order valence-electron chi connectivity index (χ2n) is 10.4. The zero-order valence-corrected chi connectivity index (χ0v) is 28.3. The third kappa shape index (κ3) is 17.8. The summed E-state index contributed by atoms with van der Waals surface area (Å²) in [5.74, 6) is -3.59. The second-order valence-corrected chi connectivity index (χ2v) is 11.8. The van der Waals surface area contributed by atoms with Gasteiger partial charge >= 0.3 is 30.3 Å². The van der Waals surface area contributed by atoms with Crippen molar-refractivity contribution in [3.8, 4) is 5.75 Å². The van der Waals surface area contributed by atoms with Crippen molar-refractivity contribution < 1.29 is 65.2 Å². The molecule has 274 valence electrons. The van der Waals surface area contributed by atoms with Crippen molar-refractivity contribution in [2.75, 3.05) is 38.0 Å². The van der Waals surface area contributed by atoms with Gasteiger partial charge in [0.05, 0.1) is 13.2 Å². The molecule has 1 aliphatic heterocycles. The van der Waals surface area contributed by atoms with Crippen LogP contribution in [0.15, 0.2) is 36.4 Å². The van der Waals surface area contributed by atoms with Gasteiger partial charge in [0.2, 0.25) is 5.91 Å². The number of hydrogen-bond donors (Lipinski definition) is 5. The summed E-state index contributed by atoms with van der Waals surface area (Å²) in [5, 5.41) is 17.2. The Hall–Kier alpha value is -3.16. The van der Waals surface area contributed by atoms with Gasteiger partial charge in [0.25, 0.3) is 0 Å². The molecule has 0 unspecified atom stereocenters. The molecular weight excluding hydrogens is 696 g/mol. The van der Waals surface area contributed by atoms with Crippen LogP contribution in [0, 0.1) is 0 Å². The van der Waals surface area contributed by atoms with Crippen LogP contribution in [-0.4, -0.2) is 113 Å². The van der Waals surface area contributed by atoms with E-state index in [1.807, 2.05) is 30.5 Å². The summed E-state index contributed by atoms with van der Waals surface area (Å²) in [6, 6.07) is 6.89. The van der Waals surface area contributed by atoms with E-state index in [-0.39, 0.29) is 18.1 Å². The van der Waals surface area contributed by atoms with Gasteiger partial charge < -0.3 is 30.7 Å². The highest BCUT2D eigenvalue weighted by molar-refractivity contribution is 7.98. The number of carboxylic acid groups (broad SMARTS) is 2. The Labute approximate surface area is 284 Å². The molecule has 0 aromatic heterocycles. The lowest BCUT2D eigenvalue weighted by molar-refractivity contribution is -0.193. The molecule has 1 fully saturated rings. The number of likely N-dealkylation sites (tertiary alicyclic amines) is 1. The monoisotopic (exact) mass is 737 g/mol. The first-order valence-electron chi connectivity index (χ1n) is 14.2. The molecule has 1 heterocycles. The first-order valence-corrected chi connectivity index (χ1v) is 16.2. The topological polar surface area (TPSA) is 168 Å². The molecule has 2 rings (SSSR count). The zero-order chi connectivity index (χ0) is 37.2. The largest absolute Gasteiger partial charge is 0.490 e. The summed E-state index contributed by atoms with van der Waals surface area (Å²) < 4.78 is 74.6. The number of carbonyl (C=O) groups excluding carboxylic acids is 2. The molecule has 1 amide bonds. The van der Waals surface area contributed by atoms with Crippen LogP contribution in [-0.2, 0) is 23.9 Å². The molecule has 0 bridgehead atoms. The standard InChI is InChI=1S/C25H39N3O4S2.2C2HF3O2/c1-17(2)18-7-9-20(10-8-18)32-21-14-23(28(15-21)12-5-6-19(26)16-33)24(29)27-22(11-13-34-4)25(30)31-3;2*3-2(4,5)1(6)7/h5-10,17,19,21-23,33H,11-16,26H2,1-4H3,(H,27,29);2*(H,6,7)/b6-5+;;/t19-,21+,22+,23+;;/m1../s1. The number of aliphatic carboxylic acids is 2. The summed E-state index contributed by atoms with van der Waals surface area (Å²) in [4.78, 5) is 45.3. The van der Waals surface area contributed by atoms with Crippen molar-refractivity contribution in [2.45, 2.75) is 69.2 Å². The fourth-order valence-electron chi connectivity index (χ4n) is 3.87. The number of nitrogens with two attached hydrogens (primary N) is 1. The van der Waals surface area contributed by atoms with E-state index in [0.717, 1.165) is 11.5 Å². The lowest BCUT2D eigenvalue weighted by atomic mass is 10.0. The van der Waals surface area contributed by atoms with Crippen molar-refractivity contribution in [3.63, 3.8) is 0 Å². The second kappa shape index (κ2) is 21.7. The minimum absolute atomic E-state index is 0.139. The number of rotatable bonds is 13. The van der Waals surface area contributed by atoms with Crippen molar-refractivity contribution in [1.82, 2.24) is 10.2 Å². The number of thiol groups is 1. The Kier molecular flexibility index (Phi) is 20.3. The van der Waals surface area contributed by atoms with Crippen LogP contribution in [0.1, 0.15) is 38.2 Å². The smallest absolute Gasteiger partial charge is 0.489 e. The Balaban J connectivity index is 0.00000131. The summed E-state index contributed by atoms with van der Waals surface area (Å²) in [6.07, 6.45) is -3.43. The van der Waals surface area contributed by atoms with Gasteiger partial charge in [-0.15, -0.1) is 0 Å². The average molecular weight is 738 g/mol. The lowest BCUT2D eigenvalue weighted by Crippen LogP contribution is -2.50. The number of halogens is 6. The van der Waals surface area contributed by atoms with Crippen LogP contribution in [0.25, 0.3) is 0 Å². The van der Waals surface area contributed by atoms with E-state index in [0.29, 0.717) is 37.6 Å². The number of nitrogens with zero attached hydrogens (tertiary/aromatic N) is 1. The number of hydrogen-bond acceptors (Lipinski definition) is 10. The molecule has 0 saturated carbocycles.